The standard InChI is InChI=1S/C26H24N2O4S/c1-28-21-14-19(25(29)27-16-17-8-11-20(31-2)12-9-17)10-13-23(21)33-24(26(28)30)15-18-6-4-5-7-22(18)32-3/h4-15H,16H2,1-3H3,(H,27,29)/b24-15+. The average Bonchev–Trinajstić information content (AvgIpc) is 2.86. The number of nitrogens with one attached hydrogen (secondary N) is 1. The predicted octanol–water partition coefficient (Wildman–Crippen LogP) is 4.74. The Balaban J connectivity index is 1.52. The maximum Gasteiger partial charge on any atom is 0.264 e. The van der Waals surface area contributed by atoms with Crippen LogP contribution in [0.1, 0.15) is 21.5 Å². The van der Waals surface area contributed by atoms with Crippen molar-refractivity contribution in [3.8, 4) is 11.5 Å². The number of hydrogen-bond acceptors (Lipinski definition) is 5. The van der Waals surface area contributed by atoms with E-state index < -0.39 is 0 Å². The van der Waals surface area contributed by atoms with E-state index in [0.717, 1.165) is 21.8 Å². The van der Waals surface area contributed by atoms with Crippen LogP contribution in [0.15, 0.2) is 76.5 Å². The fourth-order valence-electron chi connectivity index (χ4n) is 3.49. The molecule has 1 aliphatic heterocycles. The molecule has 7 heteroatoms. The number of carbonyl (C=O) groups is 2. The highest BCUT2D eigenvalue weighted by Crippen LogP contribution is 2.42. The Morgan fingerprint density at radius 3 is 2.52 bits per heavy atom. The minimum Gasteiger partial charge on any atom is -0.497 e. The molecule has 1 aliphatic rings. The van der Waals surface area contributed by atoms with Gasteiger partial charge in [0.2, 0.25) is 0 Å². The van der Waals surface area contributed by atoms with Crippen molar-refractivity contribution >= 4 is 35.3 Å². The maximum atomic E-state index is 13.0. The number of nitrogens with zero attached hydrogens (tertiary/aromatic N) is 1. The van der Waals surface area contributed by atoms with E-state index in [4.69, 9.17) is 9.47 Å². The van der Waals surface area contributed by atoms with Crippen molar-refractivity contribution in [1.82, 2.24) is 5.32 Å². The topological polar surface area (TPSA) is 67.9 Å². The number of carbonyl (C=O) groups excluding carboxylic acids is 2. The lowest BCUT2D eigenvalue weighted by Crippen LogP contribution is -2.31. The van der Waals surface area contributed by atoms with Gasteiger partial charge in [-0.15, -0.1) is 0 Å². The first-order chi connectivity index (χ1) is 16.0. The van der Waals surface area contributed by atoms with Crippen molar-refractivity contribution in [1.29, 1.82) is 0 Å². The zero-order chi connectivity index (χ0) is 23.4. The first kappa shape index (κ1) is 22.5. The van der Waals surface area contributed by atoms with E-state index in [1.165, 1.54) is 11.8 Å². The van der Waals surface area contributed by atoms with Gasteiger partial charge in [-0.25, -0.2) is 0 Å². The van der Waals surface area contributed by atoms with Crippen molar-refractivity contribution in [2.45, 2.75) is 11.4 Å². The quantitative estimate of drug-likeness (QED) is 0.538. The van der Waals surface area contributed by atoms with Crippen LogP contribution in [0, 0.1) is 0 Å². The van der Waals surface area contributed by atoms with E-state index in [2.05, 4.69) is 5.32 Å². The van der Waals surface area contributed by atoms with Crippen LogP contribution in [0.2, 0.25) is 0 Å². The Hall–Kier alpha value is -3.71. The normalized spacial score (nSPS) is 14.1. The second kappa shape index (κ2) is 9.83. The van der Waals surface area contributed by atoms with Gasteiger partial charge >= 0.3 is 0 Å². The van der Waals surface area contributed by atoms with Crippen molar-refractivity contribution in [3.05, 3.63) is 88.3 Å². The molecule has 0 fully saturated rings. The molecule has 0 aromatic heterocycles. The molecule has 0 radical (unpaired) electrons. The lowest BCUT2D eigenvalue weighted by atomic mass is 10.1. The zero-order valence-corrected chi connectivity index (χ0v) is 19.4. The lowest BCUT2D eigenvalue weighted by molar-refractivity contribution is -0.114. The number of rotatable bonds is 6. The number of amides is 2. The van der Waals surface area contributed by atoms with E-state index in [1.54, 1.807) is 38.3 Å². The van der Waals surface area contributed by atoms with Crippen LogP contribution in [0.3, 0.4) is 0 Å². The average molecular weight is 461 g/mol. The van der Waals surface area contributed by atoms with E-state index in [1.807, 2.05) is 60.7 Å². The van der Waals surface area contributed by atoms with Crippen LogP contribution >= 0.6 is 11.8 Å². The highest BCUT2D eigenvalue weighted by Gasteiger charge is 2.27. The van der Waals surface area contributed by atoms with Crippen molar-refractivity contribution < 1.29 is 19.1 Å². The Morgan fingerprint density at radius 2 is 1.79 bits per heavy atom. The molecule has 1 heterocycles. The van der Waals surface area contributed by atoms with Gasteiger partial charge in [0, 0.05) is 29.6 Å². The third-order valence-electron chi connectivity index (χ3n) is 5.36. The molecule has 0 saturated heterocycles. The Bertz CT molecular complexity index is 1220. The van der Waals surface area contributed by atoms with Crippen LogP contribution in [0.25, 0.3) is 6.08 Å². The largest absolute Gasteiger partial charge is 0.497 e. The minimum atomic E-state index is -0.199. The third kappa shape index (κ3) is 4.88. The molecule has 168 valence electrons. The molecule has 0 atom stereocenters. The molecule has 0 bridgehead atoms. The van der Waals surface area contributed by atoms with E-state index in [0.29, 0.717) is 28.5 Å². The SMILES string of the molecule is COc1ccc(CNC(=O)c2ccc3c(c2)N(C)C(=O)/C(=C\c2ccccc2OC)S3)cc1. The van der Waals surface area contributed by atoms with Gasteiger partial charge in [-0.2, -0.15) is 0 Å². The molecule has 0 unspecified atom stereocenters. The summed E-state index contributed by atoms with van der Waals surface area (Å²) in [5, 5.41) is 2.92. The monoisotopic (exact) mass is 460 g/mol. The summed E-state index contributed by atoms with van der Waals surface area (Å²) in [6, 6.07) is 20.5. The number of hydrogen-bond donors (Lipinski definition) is 1. The van der Waals surface area contributed by atoms with Gasteiger partial charge in [0.1, 0.15) is 11.5 Å². The third-order valence-corrected chi connectivity index (χ3v) is 6.43. The van der Waals surface area contributed by atoms with Gasteiger partial charge in [-0.3, -0.25) is 9.59 Å². The summed E-state index contributed by atoms with van der Waals surface area (Å²) >= 11 is 1.39. The minimum absolute atomic E-state index is 0.130. The molecule has 2 amide bonds. The summed E-state index contributed by atoms with van der Waals surface area (Å²) < 4.78 is 10.6. The predicted molar refractivity (Wildman–Crippen MR) is 131 cm³/mol. The Morgan fingerprint density at radius 1 is 1.03 bits per heavy atom. The summed E-state index contributed by atoms with van der Waals surface area (Å²) in [5.74, 6) is 1.14. The molecule has 4 rings (SSSR count). The van der Waals surface area contributed by atoms with Gasteiger partial charge < -0.3 is 19.7 Å². The second-order valence-corrected chi connectivity index (χ2v) is 8.51. The van der Waals surface area contributed by atoms with Gasteiger partial charge in [-0.1, -0.05) is 42.1 Å². The van der Waals surface area contributed by atoms with Gasteiger partial charge in [-0.05, 0) is 48.0 Å². The summed E-state index contributed by atoms with van der Waals surface area (Å²) in [4.78, 5) is 28.8. The molecule has 0 spiro atoms. The zero-order valence-electron chi connectivity index (χ0n) is 18.6. The molecular formula is C26H24N2O4S. The number of likely N-dealkylation sites (N-methyl/N-ethyl adjacent to an activating group) is 1. The fourth-order valence-corrected chi connectivity index (χ4v) is 4.57. The van der Waals surface area contributed by atoms with Crippen LogP contribution in [0.4, 0.5) is 5.69 Å². The summed E-state index contributed by atoms with van der Waals surface area (Å²) in [5.41, 5.74) is 3.01. The number of benzene rings is 3. The maximum absolute atomic E-state index is 13.0. The first-order valence-electron chi connectivity index (χ1n) is 10.4. The van der Waals surface area contributed by atoms with Crippen LogP contribution in [0.5, 0.6) is 11.5 Å². The summed E-state index contributed by atoms with van der Waals surface area (Å²) in [6.45, 7) is 0.398. The van der Waals surface area contributed by atoms with Crippen molar-refractivity contribution in [2.75, 3.05) is 26.2 Å². The molecule has 0 aliphatic carbocycles. The van der Waals surface area contributed by atoms with Crippen LogP contribution in [-0.2, 0) is 11.3 Å². The number of thioether (sulfide) groups is 1. The molecule has 3 aromatic carbocycles. The number of ether oxygens (including phenoxy) is 2. The Labute approximate surface area is 197 Å². The number of methoxy groups -OCH3 is 2. The second-order valence-electron chi connectivity index (χ2n) is 7.43. The Kier molecular flexibility index (Phi) is 6.70. The van der Waals surface area contributed by atoms with Gasteiger partial charge in [0.05, 0.1) is 24.8 Å². The first-order valence-corrected chi connectivity index (χ1v) is 11.2. The molecule has 6 nitrogen and oxygen atoms in total. The van der Waals surface area contributed by atoms with Crippen LogP contribution < -0.4 is 19.7 Å². The molecular weight excluding hydrogens is 436 g/mol. The highest BCUT2D eigenvalue weighted by molar-refractivity contribution is 8.04. The van der Waals surface area contributed by atoms with Crippen molar-refractivity contribution in [2.24, 2.45) is 0 Å². The van der Waals surface area contributed by atoms with E-state index >= 15 is 0 Å². The van der Waals surface area contributed by atoms with E-state index in [-0.39, 0.29) is 11.8 Å². The molecule has 1 N–H and O–H groups in total. The fraction of sp³-hybridized carbons (Fsp3) is 0.154. The summed E-state index contributed by atoms with van der Waals surface area (Å²) in [6.07, 6.45) is 1.83. The number of anilines is 1. The lowest BCUT2D eigenvalue weighted by Gasteiger charge is -2.27. The van der Waals surface area contributed by atoms with Crippen LogP contribution in [-0.4, -0.2) is 33.1 Å². The molecule has 3 aromatic rings. The summed E-state index contributed by atoms with van der Waals surface area (Å²) in [7, 11) is 4.94. The smallest absolute Gasteiger partial charge is 0.264 e. The number of para-hydroxylation sites is 1. The molecule has 33 heavy (non-hydrogen) atoms. The molecule has 0 saturated carbocycles. The van der Waals surface area contributed by atoms with E-state index in [9.17, 15) is 9.59 Å². The van der Waals surface area contributed by atoms with Crippen molar-refractivity contribution in [3.63, 3.8) is 0 Å². The van der Waals surface area contributed by atoms with Gasteiger partial charge in [0.25, 0.3) is 11.8 Å². The number of fused-ring (bicyclic) bond motifs is 1. The highest BCUT2D eigenvalue weighted by atomic mass is 32.2. The van der Waals surface area contributed by atoms with Gasteiger partial charge in [0.15, 0.2) is 0 Å².